The van der Waals surface area contributed by atoms with Gasteiger partial charge >= 0.3 is 5.97 Å². The lowest BCUT2D eigenvalue weighted by Gasteiger charge is -2.17. The molecule has 2 aromatic carbocycles. The van der Waals surface area contributed by atoms with E-state index in [9.17, 15) is 19.2 Å². The van der Waals surface area contributed by atoms with E-state index in [4.69, 9.17) is 16.3 Å². The van der Waals surface area contributed by atoms with E-state index in [1.807, 2.05) is 12.1 Å². The quantitative estimate of drug-likeness (QED) is 0.530. The normalized spacial score (nSPS) is 13.5. The molecule has 0 aliphatic heterocycles. The third-order valence-corrected chi connectivity index (χ3v) is 6.06. The number of halogens is 1. The maximum Gasteiger partial charge on any atom is 0.337 e. The van der Waals surface area contributed by atoms with Crippen LogP contribution < -0.4 is 10.6 Å². The molecule has 1 fully saturated rings. The molecular formula is C25H28ClN3O5. The highest BCUT2D eigenvalue weighted by Gasteiger charge is 2.51. The summed E-state index contributed by atoms with van der Waals surface area (Å²) in [5.74, 6) is -1.15. The Hall–Kier alpha value is -3.39. The number of ether oxygens (including phenoxy) is 1. The first-order valence-corrected chi connectivity index (χ1v) is 11.3. The summed E-state index contributed by atoms with van der Waals surface area (Å²) in [6.45, 7) is 0.130. The van der Waals surface area contributed by atoms with Gasteiger partial charge in [0, 0.05) is 44.2 Å². The standard InChI is InChI=1S/C25H28ClN3O5/c1-29(2)22(31)9-8-21(30)27-15-16-12-17(23(32)34-3)14-20(13-16)28-24(33)25(10-11-25)18-4-6-19(26)7-5-18/h4-7,12-14H,8-11,15H2,1-3H3,(H,27,30)(H,28,33). The fourth-order valence-electron chi connectivity index (χ4n) is 3.63. The lowest BCUT2D eigenvalue weighted by atomic mass is 9.95. The number of esters is 1. The Morgan fingerprint density at radius 1 is 1.03 bits per heavy atom. The van der Waals surface area contributed by atoms with Gasteiger partial charge in [0.25, 0.3) is 0 Å². The second kappa shape index (κ2) is 10.7. The van der Waals surface area contributed by atoms with Crippen molar-refractivity contribution in [1.29, 1.82) is 0 Å². The van der Waals surface area contributed by atoms with Crippen LogP contribution in [0.3, 0.4) is 0 Å². The highest BCUT2D eigenvalue weighted by atomic mass is 35.5. The molecular weight excluding hydrogens is 458 g/mol. The number of amides is 3. The molecule has 0 unspecified atom stereocenters. The lowest BCUT2D eigenvalue weighted by Crippen LogP contribution is -2.28. The van der Waals surface area contributed by atoms with Crippen molar-refractivity contribution in [3.05, 3.63) is 64.2 Å². The van der Waals surface area contributed by atoms with Gasteiger partial charge in [-0.3, -0.25) is 14.4 Å². The number of nitrogens with one attached hydrogen (secondary N) is 2. The highest BCUT2D eigenvalue weighted by molar-refractivity contribution is 6.30. The Labute approximate surface area is 203 Å². The van der Waals surface area contributed by atoms with Crippen molar-refractivity contribution in [1.82, 2.24) is 10.2 Å². The molecule has 0 radical (unpaired) electrons. The minimum atomic E-state index is -0.626. The van der Waals surface area contributed by atoms with Gasteiger partial charge in [0.2, 0.25) is 17.7 Å². The number of rotatable bonds is 9. The van der Waals surface area contributed by atoms with Gasteiger partial charge in [-0.2, -0.15) is 0 Å². The topological polar surface area (TPSA) is 105 Å². The molecule has 0 spiro atoms. The van der Waals surface area contributed by atoms with E-state index in [0.29, 0.717) is 29.1 Å². The van der Waals surface area contributed by atoms with Gasteiger partial charge in [0.15, 0.2) is 0 Å². The first-order valence-electron chi connectivity index (χ1n) is 10.9. The molecule has 2 aromatic rings. The van der Waals surface area contributed by atoms with Crippen LogP contribution in [0.1, 0.15) is 47.2 Å². The SMILES string of the molecule is COC(=O)c1cc(CNC(=O)CCC(=O)N(C)C)cc(NC(=O)C2(c3ccc(Cl)cc3)CC2)c1. The molecule has 0 aromatic heterocycles. The van der Waals surface area contributed by atoms with Crippen molar-refractivity contribution in [3.8, 4) is 0 Å². The van der Waals surface area contributed by atoms with E-state index >= 15 is 0 Å². The monoisotopic (exact) mass is 485 g/mol. The summed E-state index contributed by atoms with van der Waals surface area (Å²) in [6.07, 6.45) is 1.59. The van der Waals surface area contributed by atoms with Gasteiger partial charge in [-0.15, -0.1) is 0 Å². The maximum absolute atomic E-state index is 13.1. The zero-order chi connectivity index (χ0) is 24.9. The molecule has 0 heterocycles. The number of carbonyl (C=O) groups excluding carboxylic acids is 4. The summed E-state index contributed by atoms with van der Waals surface area (Å²) in [5, 5.41) is 6.26. The number of hydrogen-bond acceptors (Lipinski definition) is 5. The Morgan fingerprint density at radius 3 is 2.29 bits per heavy atom. The van der Waals surface area contributed by atoms with E-state index in [1.165, 1.54) is 12.0 Å². The summed E-state index contributed by atoms with van der Waals surface area (Å²) in [6, 6.07) is 12.1. The molecule has 9 heteroatoms. The zero-order valence-electron chi connectivity index (χ0n) is 19.4. The highest BCUT2D eigenvalue weighted by Crippen LogP contribution is 2.49. The Balaban J connectivity index is 1.72. The van der Waals surface area contributed by atoms with Gasteiger partial charge in [0.1, 0.15) is 0 Å². The number of methoxy groups -OCH3 is 1. The summed E-state index contributed by atoms with van der Waals surface area (Å²) >= 11 is 5.98. The van der Waals surface area contributed by atoms with E-state index in [1.54, 1.807) is 44.4 Å². The average Bonchev–Trinajstić information content (AvgIpc) is 3.63. The second-order valence-corrected chi connectivity index (χ2v) is 8.95. The van der Waals surface area contributed by atoms with Gasteiger partial charge in [-0.05, 0) is 54.3 Å². The smallest absolute Gasteiger partial charge is 0.337 e. The second-order valence-electron chi connectivity index (χ2n) is 8.52. The molecule has 34 heavy (non-hydrogen) atoms. The molecule has 0 atom stereocenters. The summed E-state index contributed by atoms with van der Waals surface area (Å²) in [5.41, 5.74) is 1.56. The van der Waals surface area contributed by atoms with Crippen LogP contribution in [0.15, 0.2) is 42.5 Å². The van der Waals surface area contributed by atoms with Crippen LogP contribution in [0, 0.1) is 0 Å². The first-order chi connectivity index (χ1) is 16.1. The molecule has 1 aliphatic carbocycles. The van der Waals surface area contributed by atoms with E-state index < -0.39 is 11.4 Å². The zero-order valence-corrected chi connectivity index (χ0v) is 20.2. The Kier molecular flexibility index (Phi) is 7.94. The van der Waals surface area contributed by atoms with Crippen molar-refractivity contribution in [3.63, 3.8) is 0 Å². The molecule has 3 amide bonds. The van der Waals surface area contributed by atoms with Crippen molar-refractivity contribution in [2.45, 2.75) is 37.6 Å². The van der Waals surface area contributed by atoms with Gasteiger partial charge < -0.3 is 20.3 Å². The number of anilines is 1. The number of hydrogen-bond donors (Lipinski definition) is 2. The van der Waals surface area contributed by atoms with Crippen molar-refractivity contribution in [2.75, 3.05) is 26.5 Å². The van der Waals surface area contributed by atoms with Crippen LogP contribution in [0.5, 0.6) is 0 Å². The van der Waals surface area contributed by atoms with E-state index in [-0.39, 0.29) is 42.7 Å². The molecule has 0 bridgehead atoms. The molecule has 2 N–H and O–H groups in total. The van der Waals surface area contributed by atoms with Gasteiger partial charge in [0.05, 0.1) is 18.1 Å². The average molecular weight is 486 g/mol. The fraction of sp³-hybridized carbons (Fsp3) is 0.360. The summed E-state index contributed by atoms with van der Waals surface area (Å²) < 4.78 is 4.83. The van der Waals surface area contributed by atoms with Crippen LogP contribution in [0.25, 0.3) is 0 Å². The van der Waals surface area contributed by atoms with E-state index in [0.717, 1.165) is 5.56 Å². The number of carbonyl (C=O) groups is 4. The molecule has 3 rings (SSSR count). The van der Waals surface area contributed by atoms with Crippen molar-refractivity contribution >= 4 is 41.0 Å². The minimum absolute atomic E-state index is 0.0565. The third-order valence-electron chi connectivity index (χ3n) is 5.81. The maximum atomic E-state index is 13.1. The van der Waals surface area contributed by atoms with Crippen LogP contribution in [-0.2, 0) is 31.1 Å². The molecule has 180 valence electrons. The number of nitrogens with zero attached hydrogens (tertiary/aromatic N) is 1. The van der Waals surface area contributed by atoms with Crippen LogP contribution in [0.4, 0.5) is 5.69 Å². The molecule has 0 saturated heterocycles. The van der Waals surface area contributed by atoms with Crippen LogP contribution in [-0.4, -0.2) is 49.8 Å². The van der Waals surface area contributed by atoms with Gasteiger partial charge in [-0.1, -0.05) is 23.7 Å². The van der Waals surface area contributed by atoms with Crippen molar-refractivity contribution < 1.29 is 23.9 Å². The van der Waals surface area contributed by atoms with Crippen molar-refractivity contribution in [2.24, 2.45) is 0 Å². The molecule has 1 aliphatic rings. The molecule has 1 saturated carbocycles. The first kappa shape index (κ1) is 25.2. The third kappa shape index (κ3) is 6.14. The van der Waals surface area contributed by atoms with Crippen LogP contribution >= 0.6 is 11.6 Å². The molecule has 8 nitrogen and oxygen atoms in total. The summed E-state index contributed by atoms with van der Waals surface area (Å²) in [7, 11) is 4.54. The fourth-order valence-corrected chi connectivity index (χ4v) is 3.75. The lowest BCUT2D eigenvalue weighted by molar-refractivity contribution is -0.131. The minimum Gasteiger partial charge on any atom is -0.465 e. The summed E-state index contributed by atoms with van der Waals surface area (Å²) in [4.78, 5) is 50.6. The van der Waals surface area contributed by atoms with E-state index in [2.05, 4.69) is 10.6 Å². The van der Waals surface area contributed by atoms with Gasteiger partial charge in [-0.25, -0.2) is 4.79 Å². The van der Waals surface area contributed by atoms with Crippen LogP contribution in [0.2, 0.25) is 5.02 Å². The number of benzene rings is 2. The predicted octanol–water partition coefficient (Wildman–Crippen LogP) is 3.28. The predicted molar refractivity (Wildman–Crippen MR) is 129 cm³/mol. The Bertz CT molecular complexity index is 1090. The largest absolute Gasteiger partial charge is 0.465 e. The Morgan fingerprint density at radius 2 is 1.71 bits per heavy atom.